The van der Waals surface area contributed by atoms with Crippen LogP contribution in [0.25, 0.3) is 0 Å². The monoisotopic (exact) mass is 338 g/mol. The lowest BCUT2D eigenvalue weighted by molar-refractivity contribution is 0.417. The van der Waals surface area contributed by atoms with Crippen LogP contribution in [-0.4, -0.2) is 23.6 Å². The number of ether oxygens (including phenoxy) is 1. The molecule has 0 aliphatic carbocycles. The summed E-state index contributed by atoms with van der Waals surface area (Å²) in [4.78, 5) is 8.44. The fraction of sp³-hybridized carbons (Fsp3) is 0.158. The summed E-state index contributed by atoms with van der Waals surface area (Å²) in [5.41, 5.74) is 1.90. The van der Waals surface area contributed by atoms with Gasteiger partial charge < -0.3 is 15.4 Å². The SMILES string of the molecule is COc1ccccc1Nc1cc(NCCc2ccc(F)cc2)ncn1. The minimum Gasteiger partial charge on any atom is -0.495 e. The molecule has 5 nitrogen and oxygen atoms in total. The minimum absolute atomic E-state index is 0.223. The molecular weight excluding hydrogens is 319 g/mol. The molecule has 0 fully saturated rings. The van der Waals surface area contributed by atoms with E-state index in [4.69, 9.17) is 4.74 Å². The highest BCUT2D eigenvalue weighted by Crippen LogP contribution is 2.26. The lowest BCUT2D eigenvalue weighted by atomic mass is 10.1. The first-order chi connectivity index (χ1) is 12.2. The predicted molar refractivity (Wildman–Crippen MR) is 96.9 cm³/mol. The molecule has 25 heavy (non-hydrogen) atoms. The van der Waals surface area contributed by atoms with Crippen LogP contribution in [0.15, 0.2) is 60.9 Å². The number of anilines is 3. The fourth-order valence-electron chi connectivity index (χ4n) is 2.39. The Labute approximate surface area is 145 Å². The first-order valence-corrected chi connectivity index (χ1v) is 7.95. The molecule has 0 saturated carbocycles. The zero-order valence-electron chi connectivity index (χ0n) is 13.9. The van der Waals surface area contributed by atoms with Gasteiger partial charge in [-0.2, -0.15) is 0 Å². The van der Waals surface area contributed by atoms with E-state index in [1.807, 2.05) is 30.3 Å². The predicted octanol–water partition coefficient (Wildman–Crippen LogP) is 4.02. The quantitative estimate of drug-likeness (QED) is 0.681. The molecule has 0 radical (unpaired) electrons. The summed E-state index contributed by atoms with van der Waals surface area (Å²) in [6, 6.07) is 16.0. The van der Waals surface area contributed by atoms with Crippen molar-refractivity contribution >= 4 is 17.3 Å². The van der Waals surface area contributed by atoms with Crippen molar-refractivity contribution in [2.75, 3.05) is 24.3 Å². The van der Waals surface area contributed by atoms with Crippen molar-refractivity contribution in [3.8, 4) is 5.75 Å². The van der Waals surface area contributed by atoms with Crippen LogP contribution < -0.4 is 15.4 Å². The first-order valence-electron chi connectivity index (χ1n) is 7.95. The summed E-state index contributed by atoms with van der Waals surface area (Å²) in [6.45, 7) is 0.691. The van der Waals surface area contributed by atoms with Gasteiger partial charge in [0.2, 0.25) is 0 Å². The molecule has 0 amide bonds. The number of nitrogens with one attached hydrogen (secondary N) is 2. The van der Waals surface area contributed by atoms with Crippen molar-refractivity contribution in [1.82, 2.24) is 9.97 Å². The van der Waals surface area contributed by atoms with Crippen LogP contribution in [0.3, 0.4) is 0 Å². The third-order valence-corrected chi connectivity index (χ3v) is 3.67. The highest BCUT2D eigenvalue weighted by Gasteiger charge is 2.04. The number of benzene rings is 2. The number of para-hydroxylation sites is 2. The minimum atomic E-state index is -0.223. The molecule has 128 valence electrons. The highest BCUT2D eigenvalue weighted by atomic mass is 19.1. The molecule has 0 aliphatic rings. The number of rotatable bonds is 7. The number of halogens is 1. The zero-order chi connectivity index (χ0) is 17.5. The largest absolute Gasteiger partial charge is 0.495 e. The van der Waals surface area contributed by atoms with E-state index in [2.05, 4.69) is 20.6 Å². The summed E-state index contributed by atoms with van der Waals surface area (Å²) in [5.74, 6) is 1.91. The average molecular weight is 338 g/mol. The van der Waals surface area contributed by atoms with E-state index in [9.17, 15) is 4.39 Å². The van der Waals surface area contributed by atoms with Crippen molar-refractivity contribution < 1.29 is 9.13 Å². The molecule has 3 rings (SSSR count). The Morgan fingerprint density at radius 1 is 1.00 bits per heavy atom. The van der Waals surface area contributed by atoms with Gasteiger partial charge in [0.15, 0.2) is 0 Å². The summed E-state index contributed by atoms with van der Waals surface area (Å²) < 4.78 is 18.2. The smallest absolute Gasteiger partial charge is 0.142 e. The van der Waals surface area contributed by atoms with Crippen molar-refractivity contribution in [2.24, 2.45) is 0 Å². The van der Waals surface area contributed by atoms with Gasteiger partial charge in [0.05, 0.1) is 12.8 Å². The molecule has 1 aromatic heterocycles. The van der Waals surface area contributed by atoms with Gasteiger partial charge in [-0.3, -0.25) is 0 Å². The molecule has 0 unspecified atom stereocenters. The van der Waals surface area contributed by atoms with E-state index >= 15 is 0 Å². The highest BCUT2D eigenvalue weighted by molar-refractivity contribution is 5.65. The molecule has 0 saturated heterocycles. The topological polar surface area (TPSA) is 59.1 Å². The molecule has 0 atom stereocenters. The molecule has 3 aromatic rings. The summed E-state index contributed by atoms with van der Waals surface area (Å²) in [6.07, 6.45) is 2.28. The molecule has 0 spiro atoms. The molecule has 0 aliphatic heterocycles. The van der Waals surface area contributed by atoms with Crippen molar-refractivity contribution in [1.29, 1.82) is 0 Å². The average Bonchev–Trinajstić information content (AvgIpc) is 2.64. The second-order valence-corrected chi connectivity index (χ2v) is 5.42. The molecule has 2 aromatic carbocycles. The Balaban J connectivity index is 1.60. The van der Waals surface area contributed by atoms with Crippen LogP contribution in [-0.2, 0) is 6.42 Å². The van der Waals surface area contributed by atoms with Gasteiger partial charge in [-0.1, -0.05) is 24.3 Å². The maximum atomic E-state index is 12.9. The van der Waals surface area contributed by atoms with Gasteiger partial charge in [-0.05, 0) is 36.2 Å². The van der Waals surface area contributed by atoms with Gasteiger partial charge in [0.25, 0.3) is 0 Å². The number of methoxy groups -OCH3 is 1. The van der Waals surface area contributed by atoms with Crippen LogP contribution in [0.2, 0.25) is 0 Å². The third-order valence-electron chi connectivity index (χ3n) is 3.67. The Kier molecular flexibility index (Phi) is 5.41. The standard InChI is InChI=1S/C19H19FN4O/c1-25-17-5-3-2-4-16(17)24-19-12-18(22-13-23-19)21-11-10-14-6-8-15(20)9-7-14/h2-9,12-13H,10-11H2,1H3,(H2,21,22,23,24). The lowest BCUT2D eigenvalue weighted by Crippen LogP contribution is -2.07. The molecular formula is C19H19FN4O. The Morgan fingerprint density at radius 3 is 2.56 bits per heavy atom. The second kappa shape index (κ2) is 8.10. The zero-order valence-corrected chi connectivity index (χ0v) is 13.9. The van der Waals surface area contributed by atoms with E-state index < -0.39 is 0 Å². The summed E-state index contributed by atoms with van der Waals surface area (Å²) in [7, 11) is 1.63. The van der Waals surface area contributed by atoms with Crippen LogP contribution in [0.1, 0.15) is 5.56 Å². The molecule has 1 heterocycles. The number of hydrogen-bond donors (Lipinski definition) is 2. The number of aromatic nitrogens is 2. The summed E-state index contributed by atoms with van der Waals surface area (Å²) >= 11 is 0. The third kappa shape index (κ3) is 4.67. The Bertz CT molecular complexity index is 824. The van der Waals surface area contributed by atoms with Gasteiger partial charge in [0.1, 0.15) is 29.5 Å². The van der Waals surface area contributed by atoms with E-state index in [-0.39, 0.29) is 5.82 Å². The molecule has 0 bridgehead atoms. The van der Waals surface area contributed by atoms with E-state index in [0.717, 1.165) is 29.2 Å². The van der Waals surface area contributed by atoms with Gasteiger partial charge >= 0.3 is 0 Å². The van der Waals surface area contributed by atoms with Gasteiger partial charge in [0, 0.05) is 12.6 Å². The van der Waals surface area contributed by atoms with Crippen LogP contribution in [0.5, 0.6) is 5.75 Å². The maximum absolute atomic E-state index is 12.9. The van der Waals surface area contributed by atoms with Gasteiger partial charge in [-0.25, -0.2) is 14.4 Å². The lowest BCUT2D eigenvalue weighted by Gasteiger charge is -2.11. The van der Waals surface area contributed by atoms with Gasteiger partial charge in [-0.15, -0.1) is 0 Å². The van der Waals surface area contributed by atoms with Crippen LogP contribution >= 0.6 is 0 Å². The Hall–Kier alpha value is -3.15. The van der Waals surface area contributed by atoms with Crippen LogP contribution in [0.4, 0.5) is 21.7 Å². The van der Waals surface area contributed by atoms with Crippen LogP contribution in [0, 0.1) is 5.82 Å². The normalized spacial score (nSPS) is 10.3. The maximum Gasteiger partial charge on any atom is 0.142 e. The summed E-state index contributed by atoms with van der Waals surface area (Å²) in [5, 5.41) is 6.47. The first kappa shape index (κ1) is 16.7. The Morgan fingerprint density at radius 2 is 1.76 bits per heavy atom. The van der Waals surface area contributed by atoms with E-state index in [1.165, 1.54) is 18.5 Å². The van der Waals surface area contributed by atoms with Crippen molar-refractivity contribution in [3.63, 3.8) is 0 Å². The molecule has 6 heteroatoms. The number of hydrogen-bond acceptors (Lipinski definition) is 5. The molecule has 2 N–H and O–H groups in total. The van der Waals surface area contributed by atoms with E-state index in [1.54, 1.807) is 19.2 Å². The van der Waals surface area contributed by atoms with Crippen molar-refractivity contribution in [2.45, 2.75) is 6.42 Å². The second-order valence-electron chi connectivity index (χ2n) is 5.42. The van der Waals surface area contributed by atoms with E-state index in [0.29, 0.717) is 12.4 Å². The fourth-order valence-corrected chi connectivity index (χ4v) is 2.39. The van der Waals surface area contributed by atoms with Crippen molar-refractivity contribution in [3.05, 3.63) is 72.3 Å². The number of nitrogens with zero attached hydrogens (tertiary/aromatic N) is 2.